The van der Waals surface area contributed by atoms with Crippen LogP contribution in [0.3, 0.4) is 0 Å². The topological polar surface area (TPSA) is 34.4 Å². The monoisotopic (exact) mass is 284 g/mol. The summed E-state index contributed by atoms with van der Waals surface area (Å²) >= 11 is 0. The number of nitrogens with zero attached hydrogens (tertiary/aromatic N) is 2. The lowest BCUT2D eigenvalue weighted by Gasteiger charge is -2.10. The zero-order chi connectivity index (χ0) is 16.2. The van der Waals surface area contributed by atoms with Crippen LogP contribution in [0.2, 0.25) is 0 Å². The van der Waals surface area contributed by atoms with Crippen molar-refractivity contribution in [1.29, 1.82) is 0 Å². The number of hydrogen-bond donors (Lipinski definition) is 0. The Hall–Kier alpha value is -2.16. The number of allylic oxidation sites excluding steroid dienone is 5. The van der Waals surface area contributed by atoms with Gasteiger partial charge in [-0.2, -0.15) is 0 Å². The minimum absolute atomic E-state index is 0.0133. The fourth-order valence-electron chi connectivity index (χ4n) is 2.30. The molecule has 1 aromatic rings. The van der Waals surface area contributed by atoms with Gasteiger partial charge in [0.2, 0.25) is 0 Å². The van der Waals surface area contributed by atoms with E-state index in [-0.39, 0.29) is 5.78 Å². The summed E-state index contributed by atoms with van der Waals surface area (Å²) in [5.41, 5.74) is 4.94. The van der Waals surface area contributed by atoms with Gasteiger partial charge in [-0.25, -0.2) is 4.99 Å². The predicted octanol–water partition coefficient (Wildman–Crippen LogP) is 4.37. The van der Waals surface area contributed by atoms with Crippen molar-refractivity contribution in [3.63, 3.8) is 0 Å². The molecule has 0 saturated carbocycles. The zero-order valence-electron chi connectivity index (χ0n) is 13.8. The third-order valence-electron chi connectivity index (χ3n) is 3.26. The highest BCUT2D eigenvalue weighted by Gasteiger charge is 2.06. The highest BCUT2D eigenvalue weighted by atomic mass is 16.1. The Kier molecular flexibility index (Phi) is 5.65. The minimum Gasteiger partial charge on any atom is -0.307 e. The summed E-state index contributed by atoms with van der Waals surface area (Å²) in [6.45, 7) is 15.4. The predicted molar refractivity (Wildman–Crippen MR) is 89.7 cm³/mol. The minimum atomic E-state index is 0.0133. The van der Waals surface area contributed by atoms with Crippen molar-refractivity contribution in [2.75, 3.05) is 0 Å². The smallest absolute Gasteiger partial charge is 0.152 e. The molecule has 0 unspecified atom stereocenters. The average Bonchev–Trinajstić information content (AvgIpc) is 2.68. The average molecular weight is 284 g/mol. The summed E-state index contributed by atoms with van der Waals surface area (Å²) in [6, 6.07) is 4.14. The molecule has 0 fully saturated rings. The molecule has 3 heteroatoms. The molecule has 3 nitrogen and oxygen atoms in total. The van der Waals surface area contributed by atoms with Crippen LogP contribution in [0.1, 0.15) is 39.1 Å². The van der Waals surface area contributed by atoms with Crippen LogP contribution in [0.15, 0.2) is 52.7 Å². The van der Waals surface area contributed by atoms with Gasteiger partial charge in [0.25, 0.3) is 0 Å². The Morgan fingerprint density at radius 3 is 2.05 bits per heavy atom. The molecule has 21 heavy (non-hydrogen) atoms. The van der Waals surface area contributed by atoms with Crippen molar-refractivity contribution in [1.82, 2.24) is 4.57 Å². The van der Waals surface area contributed by atoms with Gasteiger partial charge in [0.15, 0.2) is 5.78 Å². The number of rotatable bonds is 4. The van der Waals surface area contributed by atoms with E-state index < -0.39 is 0 Å². The summed E-state index contributed by atoms with van der Waals surface area (Å²) in [5, 5.41) is 0. The maximum absolute atomic E-state index is 11.1. The number of aryl methyl sites for hydroxylation is 2. The van der Waals surface area contributed by atoms with Crippen LogP contribution in [-0.4, -0.2) is 16.2 Å². The van der Waals surface area contributed by atoms with Crippen molar-refractivity contribution in [3.05, 3.63) is 59.1 Å². The molecule has 1 heterocycles. The van der Waals surface area contributed by atoms with Crippen molar-refractivity contribution in [2.24, 2.45) is 4.99 Å². The molecule has 0 bridgehead atoms. The lowest BCUT2D eigenvalue weighted by Crippen LogP contribution is -2.11. The van der Waals surface area contributed by atoms with Gasteiger partial charge in [-0.3, -0.25) is 4.79 Å². The van der Waals surface area contributed by atoms with E-state index in [2.05, 4.69) is 42.1 Å². The molecule has 1 aromatic heterocycles. The Labute approximate surface area is 127 Å². The number of aliphatic imine (C=N–C) groups is 1. The van der Waals surface area contributed by atoms with Gasteiger partial charge >= 0.3 is 0 Å². The first kappa shape index (κ1) is 16.9. The van der Waals surface area contributed by atoms with Crippen LogP contribution in [0, 0.1) is 13.8 Å². The van der Waals surface area contributed by atoms with E-state index in [1.54, 1.807) is 12.2 Å². The fourth-order valence-corrected chi connectivity index (χ4v) is 2.30. The van der Waals surface area contributed by atoms with Crippen molar-refractivity contribution < 1.29 is 4.79 Å². The SMILES string of the molecule is C=C(C)C(/C=C/C(C)=O)=C(/C)N=C(C)n1c(C)ccc1C. The molecule has 1 rings (SSSR count). The Balaban J connectivity index is 3.28. The summed E-state index contributed by atoms with van der Waals surface area (Å²) < 4.78 is 2.11. The lowest BCUT2D eigenvalue weighted by molar-refractivity contribution is -0.112. The summed E-state index contributed by atoms with van der Waals surface area (Å²) in [5.74, 6) is 0.918. The second-order valence-corrected chi connectivity index (χ2v) is 5.33. The van der Waals surface area contributed by atoms with Gasteiger partial charge in [0, 0.05) is 17.1 Å². The molecule has 0 radical (unpaired) electrons. The van der Waals surface area contributed by atoms with E-state index in [1.165, 1.54) is 6.92 Å². The van der Waals surface area contributed by atoms with Crippen molar-refractivity contribution in [3.8, 4) is 0 Å². The van der Waals surface area contributed by atoms with Gasteiger partial charge in [0.05, 0.1) is 0 Å². The standard InChI is InChI=1S/C18H24N2O/c1-12(2)18(11-10-15(5)21)16(6)19-17(7)20-13(3)8-9-14(20)4/h8-11H,1H2,2-7H3/b11-10+,18-16-,19-17?. The number of hydrogen-bond acceptors (Lipinski definition) is 2. The van der Waals surface area contributed by atoms with Crippen LogP contribution in [-0.2, 0) is 4.79 Å². The van der Waals surface area contributed by atoms with Gasteiger partial charge in [0.1, 0.15) is 5.84 Å². The molecule has 0 aliphatic rings. The first-order valence-corrected chi connectivity index (χ1v) is 7.00. The summed E-state index contributed by atoms with van der Waals surface area (Å²) in [4.78, 5) is 15.8. The first-order chi connectivity index (χ1) is 9.73. The summed E-state index contributed by atoms with van der Waals surface area (Å²) in [6.07, 6.45) is 3.33. The van der Waals surface area contributed by atoms with Gasteiger partial charge in [-0.1, -0.05) is 6.58 Å². The molecule has 0 spiro atoms. The van der Waals surface area contributed by atoms with Crippen molar-refractivity contribution in [2.45, 2.75) is 41.5 Å². The van der Waals surface area contributed by atoms with Crippen LogP contribution in [0.25, 0.3) is 0 Å². The van der Waals surface area contributed by atoms with E-state index in [4.69, 9.17) is 0 Å². The highest BCUT2D eigenvalue weighted by Crippen LogP contribution is 2.17. The summed E-state index contributed by atoms with van der Waals surface area (Å²) in [7, 11) is 0. The van der Waals surface area contributed by atoms with Crippen LogP contribution < -0.4 is 0 Å². The Morgan fingerprint density at radius 1 is 1.10 bits per heavy atom. The van der Waals surface area contributed by atoms with E-state index in [9.17, 15) is 4.79 Å². The molecule has 0 aliphatic carbocycles. The molecule has 0 saturated heterocycles. The molecule has 112 valence electrons. The quantitative estimate of drug-likeness (QED) is 0.350. The normalized spacial score (nSPS) is 13.5. The van der Waals surface area contributed by atoms with Crippen LogP contribution in [0.5, 0.6) is 0 Å². The molecular formula is C18H24N2O. The second kappa shape index (κ2) is 7.02. The lowest BCUT2D eigenvalue weighted by atomic mass is 10.1. The van der Waals surface area contributed by atoms with Crippen LogP contribution in [0.4, 0.5) is 0 Å². The third kappa shape index (κ3) is 4.42. The number of carbonyl (C=O) groups is 1. The van der Waals surface area contributed by atoms with Crippen molar-refractivity contribution >= 4 is 11.6 Å². The largest absolute Gasteiger partial charge is 0.307 e. The number of ketones is 1. The first-order valence-electron chi connectivity index (χ1n) is 7.00. The molecule has 0 amide bonds. The molecule has 0 atom stereocenters. The number of aromatic nitrogens is 1. The van der Waals surface area contributed by atoms with E-state index in [0.29, 0.717) is 0 Å². The zero-order valence-corrected chi connectivity index (χ0v) is 13.8. The highest BCUT2D eigenvalue weighted by molar-refractivity contribution is 5.88. The number of carbonyl (C=O) groups excluding carboxylic acids is 1. The molecule has 0 aliphatic heterocycles. The maximum atomic E-state index is 11.1. The maximum Gasteiger partial charge on any atom is 0.152 e. The molecule has 0 aromatic carbocycles. The fraction of sp³-hybridized carbons (Fsp3) is 0.333. The van der Waals surface area contributed by atoms with Gasteiger partial charge in [-0.05, 0) is 77.0 Å². The second-order valence-electron chi connectivity index (χ2n) is 5.33. The Morgan fingerprint density at radius 2 is 1.62 bits per heavy atom. The van der Waals surface area contributed by atoms with E-state index >= 15 is 0 Å². The van der Waals surface area contributed by atoms with Crippen LogP contribution >= 0.6 is 0 Å². The van der Waals surface area contributed by atoms with Gasteiger partial charge < -0.3 is 4.57 Å². The van der Waals surface area contributed by atoms with E-state index in [1.807, 2.05) is 20.8 Å². The molecular weight excluding hydrogens is 260 g/mol. The van der Waals surface area contributed by atoms with Gasteiger partial charge in [-0.15, -0.1) is 0 Å². The Bertz CT molecular complexity index is 635. The molecule has 0 N–H and O–H groups in total. The van der Waals surface area contributed by atoms with E-state index in [0.717, 1.165) is 34.1 Å². The third-order valence-corrected chi connectivity index (χ3v) is 3.26.